The third-order valence-corrected chi connectivity index (χ3v) is 6.91. The van der Waals surface area contributed by atoms with Gasteiger partial charge in [0.05, 0.1) is 29.3 Å². The van der Waals surface area contributed by atoms with Gasteiger partial charge in [-0.2, -0.15) is 0 Å². The van der Waals surface area contributed by atoms with Gasteiger partial charge in [0, 0.05) is 25.3 Å². The van der Waals surface area contributed by atoms with Crippen LogP contribution in [0.1, 0.15) is 75.7 Å². The molecule has 6 N–H and O–H groups in total. The summed E-state index contributed by atoms with van der Waals surface area (Å²) >= 11 is 3.16. The second kappa shape index (κ2) is 17.8. The first-order valence-corrected chi connectivity index (χ1v) is 14.7. The van der Waals surface area contributed by atoms with Crippen LogP contribution >= 0.6 is 15.9 Å². The summed E-state index contributed by atoms with van der Waals surface area (Å²) in [6, 6.07) is 8.01. The average Bonchev–Trinajstić information content (AvgIpc) is 3.37. The van der Waals surface area contributed by atoms with Gasteiger partial charge < -0.3 is 27.0 Å². The molecule has 0 bridgehead atoms. The molecule has 0 aliphatic heterocycles. The van der Waals surface area contributed by atoms with E-state index in [9.17, 15) is 9.59 Å². The van der Waals surface area contributed by atoms with Crippen molar-refractivity contribution in [3.05, 3.63) is 41.7 Å². The molecule has 212 valence electrons. The number of urea groups is 1. The predicted octanol–water partition coefficient (Wildman–Crippen LogP) is 4.05. The average molecular weight is 594 g/mol. The number of benzene rings is 1. The minimum absolute atomic E-state index is 0.0370. The number of nitrogens with two attached hydrogens (primary N) is 1. The van der Waals surface area contributed by atoms with Crippen LogP contribution in [0.5, 0.6) is 0 Å². The van der Waals surface area contributed by atoms with Gasteiger partial charge in [0.25, 0.3) is 0 Å². The monoisotopic (exact) mass is 592 g/mol. The van der Waals surface area contributed by atoms with Crippen molar-refractivity contribution in [2.45, 2.75) is 71.4 Å². The van der Waals surface area contributed by atoms with Crippen LogP contribution in [0.15, 0.2) is 30.5 Å². The van der Waals surface area contributed by atoms with Gasteiger partial charge in [0.1, 0.15) is 0 Å². The van der Waals surface area contributed by atoms with Crippen molar-refractivity contribution in [3.63, 3.8) is 0 Å². The number of aryl methyl sites for hydroxylation is 1. The molecular weight excluding hydrogens is 548 g/mol. The van der Waals surface area contributed by atoms with Gasteiger partial charge in [-0.1, -0.05) is 65.5 Å². The van der Waals surface area contributed by atoms with Crippen LogP contribution in [0.3, 0.4) is 0 Å². The molecule has 10 nitrogen and oxygen atoms in total. The second-order valence-corrected chi connectivity index (χ2v) is 10.6. The Bertz CT molecular complexity index is 951. The lowest BCUT2D eigenvalue weighted by Gasteiger charge is -2.21. The molecule has 0 fully saturated rings. The molecule has 2 aromatic rings. The van der Waals surface area contributed by atoms with Crippen molar-refractivity contribution in [2.75, 3.05) is 36.8 Å². The van der Waals surface area contributed by atoms with Gasteiger partial charge in [-0.15, -0.1) is 5.10 Å². The molecule has 0 radical (unpaired) electrons. The first-order chi connectivity index (χ1) is 18.3. The molecule has 2 atom stereocenters. The van der Waals surface area contributed by atoms with E-state index in [0.717, 1.165) is 63.0 Å². The molecule has 2 rings (SSSR count). The molecule has 0 saturated heterocycles. The van der Waals surface area contributed by atoms with Crippen molar-refractivity contribution in [3.8, 4) is 0 Å². The molecule has 1 aromatic carbocycles. The molecule has 0 unspecified atom stereocenters. The highest BCUT2D eigenvalue weighted by Crippen LogP contribution is 2.22. The number of aromatic nitrogens is 3. The Morgan fingerprint density at radius 2 is 1.68 bits per heavy atom. The Morgan fingerprint density at radius 3 is 2.34 bits per heavy atom. The Morgan fingerprint density at radius 1 is 1.00 bits per heavy atom. The number of anilines is 1. The zero-order valence-electron chi connectivity index (χ0n) is 23.0. The highest BCUT2D eigenvalue weighted by Gasteiger charge is 2.21. The molecule has 0 spiro atoms. The van der Waals surface area contributed by atoms with Crippen LogP contribution < -0.4 is 27.0 Å². The maximum Gasteiger partial charge on any atom is 0.312 e. The fraction of sp³-hybridized carbons (Fsp3) is 0.630. The van der Waals surface area contributed by atoms with Crippen molar-refractivity contribution in [1.29, 1.82) is 0 Å². The number of halogens is 1. The maximum absolute atomic E-state index is 11.3. The molecule has 1 aromatic heterocycles. The number of hydrogen-bond donors (Lipinski definition) is 5. The summed E-state index contributed by atoms with van der Waals surface area (Å²) in [6.07, 6.45) is 7.91. The number of rotatable bonds is 19. The quantitative estimate of drug-likeness (QED) is 0.123. The summed E-state index contributed by atoms with van der Waals surface area (Å²) in [6.45, 7) is 9.30. The van der Waals surface area contributed by atoms with Gasteiger partial charge in [-0.3, -0.25) is 4.79 Å². The summed E-state index contributed by atoms with van der Waals surface area (Å²) in [7, 11) is 0. The van der Waals surface area contributed by atoms with E-state index in [0.29, 0.717) is 24.3 Å². The van der Waals surface area contributed by atoms with E-state index < -0.39 is 6.03 Å². The summed E-state index contributed by atoms with van der Waals surface area (Å²) in [5.41, 5.74) is 8.43. The van der Waals surface area contributed by atoms with Gasteiger partial charge in [0.15, 0.2) is 0 Å². The summed E-state index contributed by atoms with van der Waals surface area (Å²) in [5, 5.41) is 22.1. The Kier molecular flexibility index (Phi) is 14.8. The largest absolute Gasteiger partial charge is 0.383 e. The fourth-order valence-corrected chi connectivity index (χ4v) is 4.41. The molecule has 3 amide bonds. The van der Waals surface area contributed by atoms with Gasteiger partial charge in [-0.05, 0) is 57.2 Å². The van der Waals surface area contributed by atoms with E-state index in [1.807, 2.05) is 10.9 Å². The summed E-state index contributed by atoms with van der Waals surface area (Å²) < 4.78 is 1.94. The first-order valence-electron chi connectivity index (χ1n) is 13.6. The first kappa shape index (κ1) is 31.6. The number of nitrogens with zero attached hydrogens (tertiary/aromatic N) is 3. The van der Waals surface area contributed by atoms with E-state index in [2.05, 4.69) is 92.5 Å². The number of unbranched alkanes of at least 4 members (excludes halogenated alkanes) is 3. The van der Waals surface area contributed by atoms with E-state index in [1.54, 1.807) is 0 Å². The number of carbonyl (C=O) groups excluding carboxylic acids is 2. The third-order valence-electron chi connectivity index (χ3n) is 6.41. The standard InChI is InChI=1S/C27H45BrN8O2/c1-20(2)26(31-15-7-5-4-6-14-30-25(37)17-28)24-19-36(35-34-24)23(9-8-16-32-27(29)38)18-33-22-12-10-21(3)11-13-22/h10-13,19-20,23,26,31,33H,4-9,14-18H2,1-3H3,(H,30,37)(H3,29,32,38)/t23-,26+/m1/s1. The van der Waals surface area contributed by atoms with Crippen LogP contribution in [0.25, 0.3) is 0 Å². The number of primary amides is 1. The van der Waals surface area contributed by atoms with Crippen LogP contribution in [-0.4, -0.2) is 58.4 Å². The Hall–Kier alpha value is -2.66. The van der Waals surface area contributed by atoms with Crippen molar-refractivity contribution < 1.29 is 9.59 Å². The van der Waals surface area contributed by atoms with Crippen LogP contribution in [0.4, 0.5) is 10.5 Å². The van der Waals surface area contributed by atoms with Crippen LogP contribution in [0.2, 0.25) is 0 Å². The minimum atomic E-state index is -0.505. The summed E-state index contributed by atoms with van der Waals surface area (Å²) in [4.78, 5) is 22.3. The molecule has 11 heteroatoms. The highest BCUT2D eigenvalue weighted by molar-refractivity contribution is 9.09. The molecule has 0 aliphatic carbocycles. The SMILES string of the molecule is Cc1ccc(NC[C@@H](CCCNC(N)=O)n2cc([C@@H](NCCCCCCNC(=O)CBr)C(C)C)nn2)cc1. The molecule has 0 aliphatic rings. The molecule has 1 heterocycles. The van der Waals surface area contributed by atoms with Crippen molar-refractivity contribution >= 4 is 33.6 Å². The lowest BCUT2D eigenvalue weighted by Crippen LogP contribution is -2.30. The Labute approximate surface area is 235 Å². The normalized spacial score (nSPS) is 12.8. The van der Waals surface area contributed by atoms with E-state index in [1.165, 1.54) is 5.56 Å². The number of alkyl halides is 1. The zero-order valence-corrected chi connectivity index (χ0v) is 24.6. The minimum Gasteiger partial charge on any atom is -0.383 e. The van der Waals surface area contributed by atoms with Gasteiger partial charge >= 0.3 is 6.03 Å². The maximum atomic E-state index is 11.3. The van der Waals surface area contributed by atoms with Crippen molar-refractivity contribution in [1.82, 2.24) is 30.9 Å². The smallest absolute Gasteiger partial charge is 0.312 e. The highest BCUT2D eigenvalue weighted by atomic mass is 79.9. The predicted molar refractivity (Wildman–Crippen MR) is 156 cm³/mol. The molecular formula is C27H45BrN8O2. The van der Waals surface area contributed by atoms with E-state index in [4.69, 9.17) is 5.73 Å². The lowest BCUT2D eigenvalue weighted by atomic mass is 10.0. The molecule has 38 heavy (non-hydrogen) atoms. The molecule has 0 saturated carbocycles. The fourth-order valence-electron chi connectivity index (χ4n) is 4.21. The number of nitrogens with one attached hydrogen (secondary N) is 4. The van der Waals surface area contributed by atoms with E-state index in [-0.39, 0.29) is 18.0 Å². The third kappa shape index (κ3) is 12.3. The second-order valence-electron chi connectivity index (χ2n) is 10.0. The van der Waals surface area contributed by atoms with E-state index >= 15 is 0 Å². The number of hydrogen-bond acceptors (Lipinski definition) is 6. The topological polar surface area (TPSA) is 139 Å². The number of carbonyl (C=O) groups is 2. The van der Waals surface area contributed by atoms with Crippen molar-refractivity contribution in [2.24, 2.45) is 11.7 Å². The lowest BCUT2D eigenvalue weighted by molar-refractivity contribution is -0.118. The zero-order chi connectivity index (χ0) is 27.8. The summed E-state index contributed by atoms with van der Waals surface area (Å²) in [5.74, 6) is 0.401. The van der Waals surface area contributed by atoms with Gasteiger partial charge in [0.2, 0.25) is 5.91 Å². The number of amides is 3. The Balaban J connectivity index is 1.91. The van der Waals surface area contributed by atoms with Crippen LogP contribution in [-0.2, 0) is 4.79 Å². The van der Waals surface area contributed by atoms with Crippen LogP contribution in [0, 0.1) is 12.8 Å². The van der Waals surface area contributed by atoms with Gasteiger partial charge in [-0.25, -0.2) is 9.48 Å².